The summed E-state index contributed by atoms with van der Waals surface area (Å²) in [5, 5.41) is 0.588. The monoisotopic (exact) mass is 305 g/mol. The molecule has 1 aromatic carbocycles. The van der Waals surface area contributed by atoms with Crippen molar-refractivity contribution in [3.05, 3.63) is 47.3 Å². The molecule has 0 fully saturated rings. The zero-order valence-electron chi connectivity index (χ0n) is 12.1. The Bertz CT molecular complexity index is 608. The number of nitrogens with zero attached hydrogens (tertiary/aromatic N) is 1. The average molecular weight is 305 g/mol. The molecule has 1 unspecified atom stereocenters. The molecule has 1 atom stereocenters. The first kappa shape index (κ1) is 15.6. The van der Waals surface area contributed by atoms with Crippen molar-refractivity contribution >= 4 is 17.7 Å². The summed E-state index contributed by atoms with van der Waals surface area (Å²) in [4.78, 5) is 16.1. The third-order valence-electron chi connectivity index (χ3n) is 3.46. The number of carbonyl (C=O) groups excluding carboxylic acids is 1. The Hall–Kier alpha value is -1.79. The summed E-state index contributed by atoms with van der Waals surface area (Å²) in [6, 6.07) is 9.18. The van der Waals surface area contributed by atoms with Crippen molar-refractivity contribution in [3.63, 3.8) is 0 Å². The van der Waals surface area contributed by atoms with E-state index in [0.29, 0.717) is 17.4 Å². The number of nitrogens with two attached hydrogens (primary N) is 2. The van der Waals surface area contributed by atoms with Crippen LogP contribution in [0.1, 0.15) is 23.4 Å². The van der Waals surface area contributed by atoms with Crippen molar-refractivity contribution in [3.8, 4) is 0 Å². The molecule has 4 N–H and O–H groups in total. The number of rotatable bonds is 6. The van der Waals surface area contributed by atoms with Crippen LogP contribution in [-0.2, 0) is 10.3 Å². The second-order valence-corrected chi connectivity index (χ2v) is 5.97. The zero-order valence-corrected chi connectivity index (χ0v) is 12.9. The van der Waals surface area contributed by atoms with Crippen LogP contribution in [0.2, 0.25) is 0 Å². The number of amides is 1. The average Bonchev–Trinajstić information content (AvgIpc) is 2.78. The Balaban J connectivity index is 2.06. The highest BCUT2D eigenvalue weighted by molar-refractivity contribution is 7.99. The summed E-state index contributed by atoms with van der Waals surface area (Å²) in [5.74, 6) is 0.858. The van der Waals surface area contributed by atoms with Crippen molar-refractivity contribution < 1.29 is 9.21 Å². The first-order valence-electron chi connectivity index (χ1n) is 6.64. The summed E-state index contributed by atoms with van der Waals surface area (Å²) >= 11 is 1.43. The van der Waals surface area contributed by atoms with Crippen LogP contribution in [0.5, 0.6) is 0 Å². The molecule has 0 aliphatic carbocycles. The molecule has 0 spiro atoms. The lowest BCUT2D eigenvalue weighted by Gasteiger charge is -2.26. The SMILES string of the molecule is Cc1nc(SCCC(N)(C(N)=O)c2ccccc2)oc1C. The molecule has 2 aromatic rings. The van der Waals surface area contributed by atoms with Crippen molar-refractivity contribution in [2.75, 3.05) is 5.75 Å². The van der Waals surface area contributed by atoms with Crippen LogP contribution in [0.4, 0.5) is 0 Å². The number of oxazole rings is 1. The zero-order chi connectivity index (χ0) is 15.5. The third kappa shape index (κ3) is 3.46. The highest BCUT2D eigenvalue weighted by atomic mass is 32.2. The second kappa shape index (κ2) is 6.32. The van der Waals surface area contributed by atoms with E-state index >= 15 is 0 Å². The molecule has 21 heavy (non-hydrogen) atoms. The fourth-order valence-electron chi connectivity index (χ4n) is 1.95. The van der Waals surface area contributed by atoms with E-state index in [2.05, 4.69) is 4.98 Å². The maximum atomic E-state index is 11.8. The van der Waals surface area contributed by atoms with Gasteiger partial charge in [0.25, 0.3) is 5.22 Å². The normalized spacial score (nSPS) is 13.9. The van der Waals surface area contributed by atoms with Crippen molar-refractivity contribution in [1.82, 2.24) is 4.98 Å². The lowest BCUT2D eigenvalue weighted by atomic mass is 9.88. The number of benzene rings is 1. The van der Waals surface area contributed by atoms with E-state index in [9.17, 15) is 4.79 Å². The summed E-state index contributed by atoms with van der Waals surface area (Å²) in [7, 11) is 0. The van der Waals surface area contributed by atoms with E-state index in [-0.39, 0.29) is 0 Å². The van der Waals surface area contributed by atoms with E-state index in [0.717, 1.165) is 17.0 Å². The van der Waals surface area contributed by atoms with Gasteiger partial charge in [0.15, 0.2) is 0 Å². The molecule has 6 heteroatoms. The smallest absolute Gasteiger partial charge is 0.256 e. The fourth-order valence-corrected chi connectivity index (χ4v) is 2.93. The van der Waals surface area contributed by atoms with Gasteiger partial charge in [0.05, 0.1) is 5.69 Å². The third-order valence-corrected chi connectivity index (χ3v) is 4.29. The minimum Gasteiger partial charge on any atom is -0.437 e. The van der Waals surface area contributed by atoms with E-state index in [1.807, 2.05) is 44.2 Å². The van der Waals surface area contributed by atoms with Gasteiger partial charge in [0.2, 0.25) is 5.91 Å². The first-order valence-corrected chi connectivity index (χ1v) is 7.63. The molecule has 0 bridgehead atoms. The summed E-state index contributed by atoms with van der Waals surface area (Å²) < 4.78 is 5.49. The standard InChI is InChI=1S/C15H19N3O2S/c1-10-11(2)20-14(18-10)21-9-8-15(17,13(16)19)12-6-4-3-5-7-12/h3-7H,8-9,17H2,1-2H3,(H2,16,19). The maximum absolute atomic E-state index is 11.8. The van der Waals surface area contributed by atoms with Gasteiger partial charge in [-0.25, -0.2) is 4.98 Å². The second-order valence-electron chi connectivity index (χ2n) is 4.92. The number of hydrogen-bond acceptors (Lipinski definition) is 5. The summed E-state index contributed by atoms with van der Waals surface area (Å²) in [6.45, 7) is 3.76. The van der Waals surface area contributed by atoms with Gasteiger partial charge in [-0.2, -0.15) is 0 Å². The van der Waals surface area contributed by atoms with Crippen LogP contribution in [-0.4, -0.2) is 16.6 Å². The van der Waals surface area contributed by atoms with Gasteiger partial charge in [0, 0.05) is 5.75 Å². The number of aromatic nitrogens is 1. The van der Waals surface area contributed by atoms with Gasteiger partial charge >= 0.3 is 0 Å². The van der Waals surface area contributed by atoms with E-state index in [4.69, 9.17) is 15.9 Å². The Kier molecular flexibility index (Phi) is 4.69. The van der Waals surface area contributed by atoms with Crippen molar-refractivity contribution in [2.24, 2.45) is 11.5 Å². The maximum Gasteiger partial charge on any atom is 0.256 e. The molecule has 1 heterocycles. The van der Waals surface area contributed by atoms with Crippen LogP contribution in [0.3, 0.4) is 0 Å². The molecule has 1 aromatic heterocycles. The van der Waals surface area contributed by atoms with Crippen LogP contribution in [0.15, 0.2) is 40.0 Å². The van der Waals surface area contributed by atoms with Gasteiger partial charge in [-0.15, -0.1) is 0 Å². The van der Waals surface area contributed by atoms with E-state index in [1.54, 1.807) is 0 Å². The molecule has 5 nitrogen and oxygen atoms in total. The number of carbonyl (C=O) groups is 1. The van der Waals surface area contributed by atoms with Gasteiger partial charge in [-0.1, -0.05) is 42.1 Å². The largest absolute Gasteiger partial charge is 0.437 e. The van der Waals surface area contributed by atoms with Gasteiger partial charge in [-0.3, -0.25) is 4.79 Å². The summed E-state index contributed by atoms with van der Waals surface area (Å²) in [6.07, 6.45) is 0.414. The van der Waals surface area contributed by atoms with Crippen LogP contribution in [0.25, 0.3) is 0 Å². The van der Waals surface area contributed by atoms with Crippen molar-refractivity contribution in [2.45, 2.75) is 31.0 Å². The van der Waals surface area contributed by atoms with Gasteiger partial charge in [-0.05, 0) is 25.8 Å². The molecule has 0 aliphatic heterocycles. The van der Waals surface area contributed by atoms with Crippen LogP contribution >= 0.6 is 11.8 Å². The van der Waals surface area contributed by atoms with E-state index in [1.165, 1.54) is 11.8 Å². The molecule has 1 amide bonds. The molecule has 0 saturated heterocycles. The molecular formula is C15H19N3O2S. The van der Waals surface area contributed by atoms with Gasteiger partial charge < -0.3 is 15.9 Å². The van der Waals surface area contributed by atoms with E-state index < -0.39 is 11.4 Å². The predicted octanol–water partition coefficient (Wildman–Crippen LogP) is 2.11. The number of primary amides is 1. The lowest BCUT2D eigenvalue weighted by molar-refractivity contribution is -0.123. The number of aryl methyl sites for hydroxylation is 2. The van der Waals surface area contributed by atoms with Gasteiger partial charge in [0.1, 0.15) is 11.3 Å². The molecule has 0 aliphatic rings. The quantitative estimate of drug-likeness (QED) is 0.797. The Morgan fingerprint density at radius 3 is 2.52 bits per heavy atom. The molecule has 2 rings (SSSR count). The molecule has 0 saturated carbocycles. The predicted molar refractivity (Wildman–Crippen MR) is 82.8 cm³/mol. The number of thioether (sulfide) groups is 1. The first-order chi connectivity index (χ1) is 9.93. The van der Waals surface area contributed by atoms with Crippen molar-refractivity contribution in [1.29, 1.82) is 0 Å². The Morgan fingerprint density at radius 1 is 1.33 bits per heavy atom. The topological polar surface area (TPSA) is 95.1 Å². The summed E-state index contributed by atoms with van der Waals surface area (Å²) in [5.41, 5.74) is 12.1. The van der Waals surface area contributed by atoms with Crippen LogP contribution < -0.4 is 11.5 Å². The highest BCUT2D eigenvalue weighted by Crippen LogP contribution is 2.27. The molecule has 0 radical (unpaired) electrons. The fraction of sp³-hybridized carbons (Fsp3) is 0.333. The number of hydrogen-bond donors (Lipinski definition) is 2. The molecule has 112 valence electrons. The molecular weight excluding hydrogens is 286 g/mol. The Morgan fingerprint density at radius 2 is 2.00 bits per heavy atom. The minimum atomic E-state index is -1.18. The van der Waals surface area contributed by atoms with Crippen LogP contribution in [0, 0.1) is 13.8 Å². The minimum absolute atomic E-state index is 0.414. The highest BCUT2D eigenvalue weighted by Gasteiger charge is 2.33. The Labute approximate surface area is 128 Å². The lowest BCUT2D eigenvalue weighted by Crippen LogP contribution is -2.49.